The number of aromatic nitrogens is 2. The van der Waals surface area contributed by atoms with Crippen LogP contribution in [0.4, 0.5) is 5.95 Å². The van der Waals surface area contributed by atoms with Gasteiger partial charge in [-0.25, -0.2) is 4.98 Å². The molecule has 24 heavy (non-hydrogen) atoms. The van der Waals surface area contributed by atoms with E-state index >= 15 is 0 Å². The lowest BCUT2D eigenvalue weighted by Crippen LogP contribution is -2.31. The number of hydrogen-bond acceptors (Lipinski definition) is 5. The van der Waals surface area contributed by atoms with Crippen molar-refractivity contribution in [2.24, 2.45) is 0 Å². The normalized spacial score (nSPS) is 16.6. The fourth-order valence-electron chi connectivity index (χ4n) is 3.24. The zero-order valence-electron chi connectivity index (χ0n) is 13.6. The maximum absolute atomic E-state index is 9.10. The molecule has 1 saturated heterocycles. The third-order valence-corrected chi connectivity index (χ3v) is 4.52. The fraction of sp³-hybridized carbons (Fsp3) is 0.389. The summed E-state index contributed by atoms with van der Waals surface area (Å²) in [5.74, 6) is 2.50. The van der Waals surface area contributed by atoms with Crippen LogP contribution in [0.3, 0.4) is 0 Å². The van der Waals surface area contributed by atoms with Crippen molar-refractivity contribution in [2.75, 3.05) is 31.1 Å². The molecular formula is C18H22N4O2. The number of fused-ring (bicyclic) bond motifs is 1. The highest BCUT2D eigenvalue weighted by molar-refractivity contribution is 5.77. The summed E-state index contributed by atoms with van der Waals surface area (Å²) in [6, 6.07) is 11.9. The van der Waals surface area contributed by atoms with Crippen molar-refractivity contribution in [3.05, 3.63) is 47.9 Å². The van der Waals surface area contributed by atoms with Gasteiger partial charge in [0.25, 0.3) is 0 Å². The Balaban J connectivity index is 1.42. The molecule has 0 radical (unpaired) electrons. The number of nitrogens with one attached hydrogen (secondary N) is 1. The van der Waals surface area contributed by atoms with Gasteiger partial charge in [-0.15, -0.1) is 0 Å². The molecule has 1 aliphatic heterocycles. The van der Waals surface area contributed by atoms with Crippen LogP contribution in [0.25, 0.3) is 11.0 Å². The van der Waals surface area contributed by atoms with Crippen molar-refractivity contribution < 1.29 is 9.52 Å². The van der Waals surface area contributed by atoms with Crippen LogP contribution in [0.15, 0.2) is 40.8 Å². The number of aliphatic hydroxyl groups excluding tert-OH is 1. The van der Waals surface area contributed by atoms with Crippen LogP contribution in [0.5, 0.6) is 0 Å². The summed E-state index contributed by atoms with van der Waals surface area (Å²) in [4.78, 5) is 12.8. The molecule has 0 unspecified atom stereocenters. The number of rotatable bonds is 4. The molecule has 2 aromatic heterocycles. The highest BCUT2D eigenvalue weighted by Gasteiger charge is 2.18. The molecule has 6 nitrogen and oxygen atoms in total. The van der Waals surface area contributed by atoms with Crippen molar-refractivity contribution in [2.45, 2.75) is 19.6 Å². The molecule has 3 aromatic rings. The van der Waals surface area contributed by atoms with Gasteiger partial charge in [-0.05, 0) is 30.7 Å². The van der Waals surface area contributed by atoms with E-state index in [1.54, 1.807) is 0 Å². The number of benzene rings is 1. The van der Waals surface area contributed by atoms with Crippen molar-refractivity contribution in [3.8, 4) is 0 Å². The summed E-state index contributed by atoms with van der Waals surface area (Å²) < 4.78 is 5.60. The number of aliphatic hydroxyl groups is 1. The van der Waals surface area contributed by atoms with E-state index in [0.717, 1.165) is 61.9 Å². The van der Waals surface area contributed by atoms with Gasteiger partial charge in [-0.1, -0.05) is 12.1 Å². The Morgan fingerprint density at radius 2 is 1.92 bits per heavy atom. The number of H-pyrrole nitrogens is 1. The maximum Gasteiger partial charge on any atom is 0.203 e. The van der Waals surface area contributed by atoms with Crippen LogP contribution in [0.2, 0.25) is 0 Å². The summed E-state index contributed by atoms with van der Waals surface area (Å²) in [6.07, 6.45) is 1.09. The van der Waals surface area contributed by atoms with Gasteiger partial charge in [0.1, 0.15) is 18.1 Å². The van der Waals surface area contributed by atoms with E-state index < -0.39 is 0 Å². The maximum atomic E-state index is 9.10. The fourth-order valence-corrected chi connectivity index (χ4v) is 3.24. The monoisotopic (exact) mass is 326 g/mol. The lowest BCUT2D eigenvalue weighted by Gasteiger charge is -2.20. The first-order chi connectivity index (χ1) is 11.8. The molecule has 4 rings (SSSR count). The van der Waals surface area contributed by atoms with Gasteiger partial charge >= 0.3 is 0 Å². The molecule has 0 aliphatic carbocycles. The molecule has 0 bridgehead atoms. The van der Waals surface area contributed by atoms with Crippen LogP contribution in [-0.4, -0.2) is 46.2 Å². The largest absolute Gasteiger partial charge is 0.462 e. The molecule has 0 saturated carbocycles. The topological polar surface area (TPSA) is 68.5 Å². The van der Waals surface area contributed by atoms with Gasteiger partial charge in [0.05, 0.1) is 17.6 Å². The van der Waals surface area contributed by atoms with Crippen LogP contribution < -0.4 is 4.90 Å². The number of para-hydroxylation sites is 2. The minimum Gasteiger partial charge on any atom is -0.462 e. The Morgan fingerprint density at radius 1 is 1.04 bits per heavy atom. The van der Waals surface area contributed by atoms with Gasteiger partial charge in [-0.2, -0.15) is 0 Å². The third-order valence-electron chi connectivity index (χ3n) is 4.52. The second-order valence-electron chi connectivity index (χ2n) is 6.22. The zero-order chi connectivity index (χ0) is 16.4. The van der Waals surface area contributed by atoms with Gasteiger partial charge in [-0.3, -0.25) is 4.90 Å². The molecule has 0 atom stereocenters. The van der Waals surface area contributed by atoms with E-state index in [1.807, 2.05) is 30.3 Å². The number of anilines is 1. The average molecular weight is 326 g/mol. The lowest BCUT2D eigenvalue weighted by molar-refractivity contribution is 0.224. The highest BCUT2D eigenvalue weighted by Crippen LogP contribution is 2.19. The second-order valence-corrected chi connectivity index (χ2v) is 6.22. The van der Waals surface area contributed by atoms with Crippen LogP contribution in [0, 0.1) is 0 Å². The number of hydrogen-bond donors (Lipinski definition) is 2. The standard InChI is InChI=1S/C18H22N4O2/c23-13-15-7-6-14(24-15)12-21-8-3-9-22(11-10-21)18-19-16-4-1-2-5-17(16)20-18/h1-2,4-7,23H,3,8-13H2,(H,19,20). The summed E-state index contributed by atoms with van der Waals surface area (Å²) >= 11 is 0. The number of aromatic amines is 1. The Kier molecular flexibility index (Phi) is 4.23. The van der Waals surface area contributed by atoms with Crippen molar-refractivity contribution in [1.82, 2.24) is 14.9 Å². The quantitative estimate of drug-likeness (QED) is 0.770. The summed E-state index contributed by atoms with van der Waals surface area (Å²) in [6.45, 7) is 4.68. The van der Waals surface area contributed by atoms with E-state index in [2.05, 4.69) is 20.9 Å². The van der Waals surface area contributed by atoms with E-state index in [1.165, 1.54) is 0 Å². The van der Waals surface area contributed by atoms with E-state index in [9.17, 15) is 0 Å². The molecule has 6 heteroatoms. The number of furan rings is 1. The minimum atomic E-state index is -0.0418. The van der Waals surface area contributed by atoms with Gasteiger partial charge < -0.3 is 19.4 Å². The number of nitrogens with zero attached hydrogens (tertiary/aromatic N) is 3. The van der Waals surface area contributed by atoms with Gasteiger partial charge in [0.15, 0.2) is 0 Å². The van der Waals surface area contributed by atoms with Gasteiger partial charge in [0.2, 0.25) is 5.95 Å². The van der Waals surface area contributed by atoms with E-state index in [4.69, 9.17) is 14.5 Å². The molecule has 2 N–H and O–H groups in total. The SMILES string of the molecule is OCc1ccc(CN2CCCN(c3nc4ccccc4[nH]3)CC2)o1. The predicted octanol–water partition coefficient (Wildman–Crippen LogP) is 2.36. The predicted molar refractivity (Wildman–Crippen MR) is 92.8 cm³/mol. The first-order valence-electron chi connectivity index (χ1n) is 8.42. The van der Waals surface area contributed by atoms with Crippen molar-refractivity contribution >= 4 is 17.0 Å². The average Bonchev–Trinajstić information content (AvgIpc) is 3.17. The zero-order valence-corrected chi connectivity index (χ0v) is 13.6. The van der Waals surface area contributed by atoms with Crippen molar-refractivity contribution in [1.29, 1.82) is 0 Å². The number of imidazole rings is 1. The molecule has 1 aliphatic rings. The Labute approximate surface area is 140 Å². The van der Waals surface area contributed by atoms with E-state index in [-0.39, 0.29) is 6.61 Å². The minimum absolute atomic E-state index is 0.0418. The summed E-state index contributed by atoms with van der Waals surface area (Å²) in [7, 11) is 0. The highest BCUT2D eigenvalue weighted by atomic mass is 16.4. The second kappa shape index (κ2) is 6.67. The molecule has 1 fully saturated rings. The van der Waals surface area contributed by atoms with E-state index in [0.29, 0.717) is 5.76 Å². The van der Waals surface area contributed by atoms with Gasteiger partial charge in [0, 0.05) is 26.2 Å². The summed E-state index contributed by atoms with van der Waals surface area (Å²) in [5.41, 5.74) is 2.10. The Morgan fingerprint density at radius 3 is 2.75 bits per heavy atom. The molecule has 1 aromatic carbocycles. The molecular weight excluding hydrogens is 304 g/mol. The molecule has 126 valence electrons. The van der Waals surface area contributed by atoms with Crippen LogP contribution in [-0.2, 0) is 13.2 Å². The first-order valence-corrected chi connectivity index (χ1v) is 8.42. The molecule has 3 heterocycles. The van der Waals surface area contributed by atoms with Crippen LogP contribution >= 0.6 is 0 Å². The Bertz CT molecular complexity index is 777. The summed E-state index contributed by atoms with van der Waals surface area (Å²) in [5, 5.41) is 9.10. The molecule has 0 spiro atoms. The van der Waals surface area contributed by atoms with Crippen LogP contribution in [0.1, 0.15) is 17.9 Å². The first kappa shape index (κ1) is 15.2. The third kappa shape index (κ3) is 3.16. The Hall–Kier alpha value is -2.31. The smallest absolute Gasteiger partial charge is 0.203 e. The molecule has 0 amide bonds. The lowest BCUT2D eigenvalue weighted by atomic mass is 10.3. The van der Waals surface area contributed by atoms with Crippen molar-refractivity contribution in [3.63, 3.8) is 0 Å².